The van der Waals surface area contributed by atoms with Crippen molar-refractivity contribution >= 4 is 44.3 Å². The maximum atomic E-state index is 12.5. The van der Waals surface area contributed by atoms with E-state index in [4.69, 9.17) is 9.47 Å². The standard InChI is InChI=1S/C23H26N2O10S2/c1-3-11-36-37-12-9-22(26)34-20-7-6-18-13-17(4-5-19(18)14-20)16(2)23(27)32-15-21(35-25(30)31)8-10-33-24(28)29/h3-7,13-14,16,21H,1,8-12,15H2,2H3/t16-,21?/m0/s1. The Hall–Kier alpha value is -3.52. The van der Waals surface area contributed by atoms with Crippen LogP contribution in [0.3, 0.4) is 0 Å². The van der Waals surface area contributed by atoms with Gasteiger partial charge in [0, 0.05) is 17.9 Å². The number of rotatable bonds is 17. The average Bonchev–Trinajstić information content (AvgIpc) is 2.85. The van der Waals surface area contributed by atoms with E-state index in [9.17, 15) is 29.8 Å². The quantitative estimate of drug-likeness (QED) is 0.0512. The van der Waals surface area contributed by atoms with E-state index in [1.807, 2.05) is 0 Å². The van der Waals surface area contributed by atoms with Crippen LogP contribution in [0.1, 0.15) is 31.2 Å². The maximum absolute atomic E-state index is 12.5. The molecule has 0 amide bonds. The Labute approximate surface area is 220 Å². The van der Waals surface area contributed by atoms with Crippen molar-refractivity contribution in [1.29, 1.82) is 0 Å². The molecule has 0 heterocycles. The molecule has 0 radical (unpaired) electrons. The first kappa shape index (κ1) is 29.7. The Morgan fingerprint density at radius 2 is 1.81 bits per heavy atom. The summed E-state index contributed by atoms with van der Waals surface area (Å²) in [6.07, 6.45) is 0.639. The Morgan fingerprint density at radius 3 is 2.51 bits per heavy atom. The minimum Gasteiger partial charge on any atom is -0.463 e. The molecule has 2 atom stereocenters. The van der Waals surface area contributed by atoms with Gasteiger partial charge in [-0.15, -0.1) is 26.8 Å². The Balaban J connectivity index is 1.94. The maximum Gasteiger partial charge on any atom is 0.313 e. The SMILES string of the molecule is C=CCSSCCC(=O)Oc1ccc2cc([C@H](C)C(=O)OCC(CCO[N+](=O)[O-])O[N+](=O)[O-])ccc2c1. The predicted molar refractivity (Wildman–Crippen MR) is 138 cm³/mol. The minimum atomic E-state index is -1.21. The zero-order valence-electron chi connectivity index (χ0n) is 19.9. The molecule has 2 rings (SSSR count). The average molecular weight is 555 g/mol. The Bertz CT molecular complexity index is 1110. The highest BCUT2D eigenvalue weighted by molar-refractivity contribution is 8.76. The fourth-order valence-electron chi connectivity index (χ4n) is 3.02. The van der Waals surface area contributed by atoms with Crippen molar-refractivity contribution in [3.8, 4) is 5.75 Å². The number of hydrogen-bond donors (Lipinski definition) is 0. The molecular weight excluding hydrogens is 528 g/mol. The first-order valence-electron chi connectivity index (χ1n) is 11.0. The fourth-order valence-corrected chi connectivity index (χ4v) is 4.76. The lowest BCUT2D eigenvalue weighted by Gasteiger charge is -2.17. The summed E-state index contributed by atoms with van der Waals surface area (Å²) in [6, 6.07) is 10.5. The van der Waals surface area contributed by atoms with Gasteiger partial charge in [0.05, 0.1) is 18.9 Å². The van der Waals surface area contributed by atoms with E-state index in [1.165, 1.54) is 0 Å². The van der Waals surface area contributed by atoms with E-state index in [0.29, 0.717) is 17.1 Å². The van der Waals surface area contributed by atoms with Crippen molar-refractivity contribution in [3.63, 3.8) is 0 Å². The molecule has 0 saturated carbocycles. The molecular formula is C23H26N2O10S2. The van der Waals surface area contributed by atoms with Gasteiger partial charge in [0.1, 0.15) is 18.5 Å². The smallest absolute Gasteiger partial charge is 0.313 e. The molecule has 0 aliphatic heterocycles. The summed E-state index contributed by atoms with van der Waals surface area (Å²) >= 11 is 0. The molecule has 2 aromatic carbocycles. The number of carbonyl (C=O) groups excluding carboxylic acids is 2. The zero-order chi connectivity index (χ0) is 27.2. The molecule has 0 bridgehead atoms. The molecule has 2 aromatic rings. The summed E-state index contributed by atoms with van der Waals surface area (Å²) in [5, 5.41) is 20.4. The Morgan fingerprint density at radius 1 is 1.08 bits per heavy atom. The molecule has 0 fully saturated rings. The molecule has 37 heavy (non-hydrogen) atoms. The highest BCUT2D eigenvalue weighted by Gasteiger charge is 2.21. The lowest BCUT2D eigenvalue weighted by atomic mass is 9.98. The zero-order valence-corrected chi connectivity index (χ0v) is 21.6. The molecule has 0 aliphatic carbocycles. The van der Waals surface area contributed by atoms with E-state index in [2.05, 4.69) is 16.3 Å². The van der Waals surface area contributed by atoms with E-state index >= 15 is 0 Å². The van der Waals surface area contributed by atoms with Gasteiger partial charge in [-0.2, -0.15) is 0 Å². The molecule has 0 saturated heterocycles. The minimum absolute atomic E-state index is 0.223. The van der Waals surface area contributed by atoms with Gasteiger partial charge >= 0.3 is 11.9 Å². The second kappa shape index (κ2) is 15.6. The van der Waals surface area contributed by atoms with Crippen LogP contribution in [0.2, 0.25) is 0 Å². The molecule has 14 heteroatoms. The van der Waals surface area contributed by atoms with Crippen LogP contribution < -0.4 is 4.74 Å². The fraction of sp³-hybridized carbons (Fsp3) is 0.391. The molecule has 200 valence electrons. The van der Waals surface area contributed by atoms with E-state index in [-0.39, 0.29) is 18.8 Å². The highest BCUT2D eigenvalue weighted by atomic mass is 33.1. The van der Waals surface area contributed by atoms with Gasteiger partial charge in [0.2, 0.25) is 0 Å². The van der Waals surface area contributed by atoms with Crippen molar-refractivity contribution in [1.82, 2.24) is 0 Å². The number of nitrogens with zero attached hydrogens (tertiary/aromatic N) is 2. The molecule has 0 aromatic heterocycles. The summed E-state index contributed by atoms with van der Waals surface area (Å²) in [5.41, 5.74) is 0.639. The van der Waals surface area contributed by atoms with E-state index < -0.39 is 41.4 Å². The summed E-state index contributed by atoms with van der Waals surface area (Å²) in [6.45, 7) is 4.33. The Kier molecular flexibility index (Phi) is 12.5. The normalized spacial score (nSPS) is 12.2. The van der Waals surface area contributed by atoms with Crippen LogP contribution >= 0.6 is 21.6 Å². The van der Waals surface area contributed by atoms with E-state index in [1.54, 1.807) is 71.0 Å². The molecule has 0 aliphatic rings. The lowest BCUT2D eigenvalue weighted by Crippen LogP contribution is -2.28. The topological polar surface area (TPSA) is 157 Å². The van der Waals surface area contributed by atoms with Crippen LogP contribution in [0.4, 0.5) is 0 Å². The second-order valence-corrected chi connectivity index (χ2v) is 10.2. The van der Waals surface area contributed by atoms with E-state index in [0.717, 1.165) is 16.5 Å². The number of esters is 2. The van der Waals surface area contributed by atoms with Crippen LogP contribution in [0.25, 0.3) is 10.8 Å². The summed E-state index contributed by atoms with van der Waals surface area (Å²) < 4.78 is 10.6. The molecule has 0 N–H and O–H groups in total. The second-order valence-electron chi connectivity index (χ2n) is 7.54. The van der Waals surface area contributed by atoms with Gasteiger partial charge in [-0.3, -0.25) is 9.59 Å². The molecule has 1 unspecified atom stereocenters. The van der Waals surface area contributed by atoms with Gasteiger partial charge in [0.25, 0.3) is 10.2 Å². The van der Waals surface area contributed by atoms with Gasteiger partial charge < -0.3 is 19.1 Å². The third-order valence-electron chi connectivity index (χ3n) is 4.86. The number of ether oxygens (including phenoxy) is 2. The molecule has 12 nitrogen and oxygen atoms in total. The number of fused-ring (bicyclic) bond motifs is 1. The van der Waals surface area contributed by atoms with Crippen LogP contribution in [0, 0.1) is 20.2 Å². The monoisotopic (exact) mass is 554 g/mol. The summed E-state index contributed by atoms with van der Waals surface area (Å²) in [4.78, 5) is 54.0. The largest absolute Gasteiger partial charge is 0.463 e. The van der Waals surface area contributed by atoms with Crippen molar-refractivity contribution in [3.05, 3.63) is 74.8 Å². The summed E-state index contributed by atoms with van der Waals surface area (Å²) in [7, 11) is 3.19. The van der Waals surface area contributed by atoms with Crippen molar-refractivity contribution < 1.29 is 38.9 Å². The highest BCUT2D eigenvalue weighted by Crippen LogP contribution is 2.27. The number of benzene rings is 2. The summed E-state index contributed by atoms with van der Waals surface area (Å²) in [5.74, 6) is 0.169. The predicted octanol–water partition coefficient (Wildman–Crippen LogP) is 4.52. The lowest BCUT2D eigenvalue weighted by molar-refractivity contribution is -0.774. The number of carbonyl (C=O) groups is 2. The van der Waals surface area contributed by atoms with Gasteiger partial charge in [0.15, 0.2) is 0 Å². The van der Waals surface area contributed by atoms with Crippen molar-refractivity contribution in [2.45, 2.75) is 31.8 Å². The molecule has 0 spiro atoms. The van der Waals surface area contributed by atoms with Crippen LogP contribution in [-0.4, -0.2) is 52.9 Å². The van der Waals surface area contributed by atoms with Crippen LogP contribution in [0.15, 0.2) is 49.1 Å². The van der Waals surface area contributed by atoms with Crippen molar-refractivity contribution in [2.75, 3.05) is 24.7 Å². The third-order valence-corrected chi connectivity index (χ3v) is 7.18. The number of hydrogen-bond acceptors (Lipinski definition) is 12. The first-order valence-corrected chi connectivity index (χ1v) is 13.5. The first-order chi connectivity index (χ1) is 17.7. The van der Waals surface area contributed by atoms with Gasteiger partial charge in [-0.25, -0.2) is 0 Å². The van der Waals surface area contributed by atoms with Crippen LogP contribution in [-0.2, 0) is 24.0 Å². The van der Waals surface area contributed by atoms with Crippen molar-refractivity contribution in [2.24, 2.45) is 0 Å². The van der Waals surface area contributed by atoms with Gasteiger partial charge in [-0.1, -0.05) is 51.9 Å². The van der Waals surface area contributed by atoms with Gasteiger partial charge in [-0.05, 0) is 35.4 Å². The third kappa shape index (κ3) is 11.0. The van der Waals surface area contributed by atoms with Crippen LogP contribution in [0.5, 0.6) is 5.75 Å².